The molecule has 1 N–H and O–H groups in total. The molecule has 6 heteroatoms. The molecule has 2 aromatic rings. The first-order valence-corrected chi connectivity index (χ1v) is 6.21. The van der Waals surface area contributed by atoms with Gasteiger partial charge in [0.15, 0.2) is 15.7 Å². The molecule has 0 radical (unpaired) electrons. The molecule has 0 atom stereocenters. The number of aromatic nitrogens is 2. The number of pyridine rings is 2. The van der Waals surface area contributed by atoms with Crippen LogP contribution in [0.1, 0.15) is 24.5 Å². The van der Waals surface area contributed by atoms with E-state index in [4.69, 9.17) is 0 Å². The maximum atomic E-state index is 12.2. The van der Waals surface area contributed by atoms with Crippen molar-refractivity contribution in [1.82, 2.24) is 9.55 Å². The third kappa shape index (κ3) is 1.86. The van der Waals surface area contributed by atoms with E-state index in [0.29, 0.717) is 11.3 Å². The summed E-state index contributed by atoms with van der Waals surface area (Å²) in [5.74, 6) is 0.575. The summed E-state index contributed by atoms with van der Waals surface area (Å²) >= 11 is 0. The highest BCUT2D eigenvalue weighted by Crippen LogP contribution is 2.39. The second-order valence-corrected chi connectivity index (χ2v) is 5.46. The minimum absolute atomic E-state index is 0.199. The Kier molecular flexibility index (Phi) is 2.38. The molecule has 0 unspecified atom stereocenters. The zero-order chi connectivity index (χ0) is 12.9. The topological polar surface area (TPSA) is 55.1 Å². The number of aliphatic hydroxyl groups is 1. The van der Waals surface area contributed by atoms with Gasteiger partial charge in [0, 0.05) is 24.0 Å². The number of rotatable bonds is 2. The number of hydrogen-bond donors (Lipinski definition) is 1. The van der Waals surface area contributed by atoms with Crippen LogP contribution in [-0.4, -0.2) is 30.4 Å². The minimum atomic E-state index is -1.19. The molecule has 0 spiro atoms. The average molecular weight is 240 g/mol. The monoisotopic (exact) mass is 240 g/mol. The summed E-state index contributed by atoms with van der Waals surface area (Å²) in [6, 6.07) is 3.85. The molecule has 1 fully saturated rings. The van der Waals surface area contributed by atoms with Crippen LogP contribution in [0.25, 0.3) is 10.8 Å². The second kappa shape index (κ2) is 3.72. The summed E-state index contributed by atoms with van der Waals surface area (Å²) in [4.78, 5) is 16.6. The van der Waals surface area contributed by atoms with E-state index in [2.05, 4.69) is 4.98 Å². The van der Waals surface area contributed by atoms with Crippen LogP contribution in [0.2, 0.25) is 0 Å². The third-order valence-electron chi connectivity index (χ3n) is 3.39. The average Bonchev–Trinajstić information content (AvgIpc) is 3.11. The van der Waals surface area contributed by atoms with E-state index < -0.39 is 5.52 Å². The lowest BCUT2D eigenvalue weighted by Gasteiger charge is -2.21. The Balaban J connectivity index is 2.21. The highest BCUT2D eigenvalue weighted by Gasteiger charge is 2.25. The summed E-state index contributed by atoms with van der Waals surface area (Å²) in [6.45, 7) is 0. The Morgan fingerprint density at radius 2 is 2.17 bits per heavy atom. The van der Waals surface area contributed by atoms with Gasteiger partial charge in [-0.05, 0) is 30.4 Å². The molecule has 2 heterocycles. The summed E-state index contributed by atoms with van der Waals surface area (Å²) in [5.41, 5.74) is -0.321. The van der Waals surface area contributed by atoms with E-state index in [-0.39, 0.29) is 5.56 Å². The first-order valence-electron chi connectivity index (χ1n) is 6.21. The molecule has 0 bridgehead atoms. The maximum Gasteiger partial charge on any atom is 0.261 e. The molecular weight excluding hydrogens is 226 g/mol. The summed E-state index contributed by atoms with van der Waals surface area (Å²) in [6.07, 6.45) is 5.66. The first-order chi connectivity index (χ1) is 8.47. The fourth-order valence-electron chi connectivity index (χ4n) is 2.19. The van der Waals surface area contributed by atoms with Gasteiger partial charge < -0.3 is 9.67 Å². The number of nitrogens with zero attached hydrogens (tertiary/aromatic N) is 2. The Bertz CT molecular complexity index is 672. The molecule has 1 aliphatic carbocycles. The molecular formula is C12H14B2N2O2. The van der Waals surface area contributed by atoms with Crippen LogP contribution in [0.5, 0.6) is 0 Å². The summed E-state index contributed by atoms with van der Waals surface area (Å²) in [5, 5.41) is 11.4. The lowest BCUT2D eigenvalue weighted by atomic mass is 9.73. The quantitative estimate of drug-likeness (QED) is 0.692. The van der Waals surface area contributed by atoms with Crippen LogP contribution >= 0.6 is 0 Å². The zero-order valence-electron chi connectivity index (χ0n) is 10.6. The Labute approximate surface area is 106 Å². The highest BCUT2D eigenvalue weighted by atomic mass is 16.3. The standard InChI is InChI=1S/C12H14B2N2O2/c13-12(14,18)16-4-3-8-5-10(7-1-2-7)15-6-9(8)11(16)17/h3-7,18H,1-2,13-14H2. The minimum Gasteiger partial charge on any atom is -0.388 e. The van der Waals surface area contributed by atoms with Gasteiger partial charge in [-0.1, -0.05) is 0 Å². The van der Waals surface area contributed by atoms with Crippen molar-refractivity contribution >= 4 is 26.5 Å². The predicted molar refractivity (Wildman–Crippen MR) is 75.3 cm³/mol. The summed E-state index contributed by atoms with van der Waals surface area (Å²) < 4.78 is 1.33. The molecule has 90 valence electrons. The van der Waals surface area contributed by atoms with Crippen molar-refractivity contribution in [3.05, 3.63) is 40.6 Å². The van der Waals surface area contributed by atoms with Gasteiger partial charge in [-0.15, -0.1) is 0 Å². The van der Waals surface area contributed by atoms with Crippen LogP contribution in [0.4, 0.5) is 0 Å². The van der Waals surface area contributed by atoms with Crippen molar-refractivity contribution in [1.29, 1.82) is 0 Å². The first kappa shape index (κ1) is 11.5. The van der Waals surface area contributed by atoms with Crippen molar-refractivity contribution in [2.24, 2.45) is 0 Å². The smallest absolute Gasteiger partial charge is 0.261 e. The molecule has 0 aromatic carbocycles. The zero-order valence-corrected chi connectivity index (χ0v) is 10.6. The van der Waals surface area contributed by atoms with E-state index >= 15 is 0 Å². The number of hydrogen-bond acceptors (Lipinski definition) is 3. The van der Waals surface area contributed by atoms with Gasteiger partial charge in [-0.2, -0.15) is 0 Å². The Morgan fingerprint density at radius 3 is 2.78 bits per heavy atom. The van der Waals surface area contributed by atoms with E-state index in [9.17, 15) is 9.90 Å². The van der Waals surface area contributed by atoms with Crippen LogP contribution in [0.3, 0.4) is 0 Å². The van der Waals surface area contributed by atoms with Gasteiger partial charge in [0.05, 0.1) is 10.9 Å². The van der Waals surface area contributed by atoms with Gasteiger partial charge in [-0.25, -0.2) is 0 Å². The van der Waals surface area contributed by atoms with Gasteiger partial charge in [0.1, 0.15) is 0 Å². The van der Waals surface area contributed by atoms with Crippen molar-refractivity contribution < 1.29 is 5.11 Å². The molecule has 4 nitrogen and oxygen atoms in total. The summed E-state index contributed by atoms with van der Waals surface area (Å²) in [7, 11) is 3.18. The van der Waals surface area contributed by atoms with Crippen LogP contribution < -0.4 is 5.56 Å². The Morgan fingerprint density at radius 1 is 1.44 bits per heavy atom. The van der Waals surface area contributed by atoms with Gasteiger partial charge in [-0.3, -0.25) is 9.78 Å². The molecule has 1 aliphatic rings. The molecule has 1 saturated carbocycles. The fraction of sp³-hybridized carbons (Fsp3) is 0.333. The van der Waals surface area contributed by atoms with Crippen molar-refractivity contribution in [3.63, 3.8) is 0 Å². The normalized spacial score (nSPS) is 16.1. The second-order valence-electron chi connectivity index (χ2n) is 5.46. The van der Waals surface area contributed by atoms with E-state index in [1.165, 1.54) is 17.4 Å². The van der Waals surface area contributed by atoms with Crippen molar-refractivity contribution in [2.45, 2.75) is 24.3 Å². The fourth-order valence-corrected chi connectivity index (χ4v) is 2.19. The lowest BCUT2D eigenvalue weighted by Crippen LogP contribution is -2.41. The third-order valence-corrected chi connectivity index (χ3v) is 3.39. The van der Waals surface area contributed by atoms with E-state index in [1.54, 1.807) is 28.1 Å². The molecule has 3 rings (SSSR count). The molecule has 18 heavy (non-hydrogen) atoms. The Hall–Kier alpha value is -1.55. The van der Waals surface area contributed by atoms with Gasteiger partial charge in [0.25, 0.3) is 5.56 Å². The highest BCUT2D eigenvalue weighted by molar-refractivity contribution is 6.36. The maximum absolute atomic E-state index is 12.2. The van der Waals surface area contributed by atoms with Gasteiger partial charge >= 0.3 is 0 Å². The van der Waals surface area contributed by atoms with Crippen molar-refractivity contribution in [3.8, 4) is 0 Å². The lowest BCUT2D eigenvalue weighted by molar-refractivity contribution is 0.137. The van der Waals surface area contributed by atoms with Gasteiger partial charge in [0.2, 0.25) is 0 Å². The van der Waals surface area contributed by atoms with E-state index in [1.807, 2.05) is 12.1 Å². The largest absolute Gasteiger partial charge is 0.388 e. The van der Waals surface area contributed by atoms with Crippen LogP contribution in [0, 0.1) is 0 Å². The van der Waals surface area contributed by atoms with E-state index in [0.717, 1.165) is 11.1 Å². The molecule has 0 aliphatic heterocycles. The molecule has 0 amide bonds. The number of fused-ring (bicyclic) bond motifs is 1. The van der Waals surface area contributed by atoms with Crippen LogP contribution in [-0.2, 0) is 5.52 Å². The predicted octanol–water partition coefficient (Wildman–Crippen LogP) is -0.900. The van der Waals surface area contributed by atoms with Crippen LogP contribution in [0.15, 0.2) is 29.3 Å². The molecule has 0 saturated heterocycles. The van der Waals surface area contributed by atoms with Crippen molar-refractivity contribution in [2.75, 3.05) is 0 Å². The SMILES string of the molecule is BC(B)(O)n1ccc2cc(C3CC3)ncc2c1=O. The molecule has 2 aromatic heterocycles.